The molecule has 0 bridgehead atoms. The summed E-state index contributed by atoms with van der Waals surface area (Å²) in [6.45, 7) is 0.0798. The summed E-state index contributed by atoms with van der Waals surface area (Å²) in [5.41, 5.74) is 4.77. The molecule has 0 saturated carbocycles. The molecule has 0 unspecified atom stereocenters. The van der Waals surface area contributed by atoms with Crippen LogP contribution in [0.5, 0.6) is 5.75 Å². The van der Waals surface area contributed by atoms with Crippen LogP contribution < -0.4 is 5.73 Å². The van der Waals surface area contributed by atoms with Gasteiger partial charge in [0.2, 0.25) is 0 Å². The van der Waals surface area contributed by atoms with Crippen molar-refractivity contribution in [3.63, 3.8) is 0 Å². The van der Waals surface area contributed by atoms with Crippen LogP contribution in [0.15, 0.2) is 12.1 Å². The van der Waals surface area contributed by atoms with Gasteiger partial charge in [0.25, 0.3) is 0 Å². The van der Waals surface area contributed by atoms with E-state index in [0.717, 1.165) is 12.1 Å². The zero-order valence-electron chi connectivity index (χ0n) is 7.26. The third-order valence-electron chi connectivity index (χ3n) is 1.74. The first-order valence-corrected chi connectivity index (χ1v) is 3.98. The number of nitrogens with two attached hydrogens (primary N) is 1. The lowest BCUT2D eigenvalue weighted by atomic mass is 10.1. The van der Waals surface area contributed by atoms with Crippen molar-refractivity contribution in [3.8, 4) is 5.75 Å². The van der Waals surface area contributed by atoms with Gasteiger partial charge >= 0.3 is 0 Å². The summed E-state index contributed by atoms with van der Waals surface area (Å²) in [7, 11) is 0. The molecule has 0 aliphatic heterocycles. The van der Waals surface area contributed by atoms with Gasteiger partial charge < -0.3 is 10.8 Å². The highest BCUT2D eigenvalue weighted by Crippen LogP contribution is 2.23. The van der Waals surface area contributed by atoms with Crippen molar-refractivity contribution < 1.29 is 18.7 Å². The molecule has 0 fully saturated rings. The van der Waals surface area contributed by atoms with Gasteiger partial charge in [-0.05, 0) is 18.7 Å². The fourth-order valence-electron chi connectivity index (χ4n) is 1.02. The van der Waals surface area contributed by atoms with E-state index in [0.29, 0.717) is 0 Å². The number of carbonyl (C=O) groups excluding carboxylic acids is 1. The fraction of sp³-hybridized carbons (Fsp3) is 0.222. The van der Waals surface area contributed by atoms with E-state index in [1.165, 1.54) is 0 Å². The second kappa shape index (κ2) is 4.15. The minimum absolute atomic E-state index is 0.0397. The normalized spacial score (nSPS) is 10.2. The van der Waals surface area contributed by atoms with Crippen LogP contribution in [0.4, 0.5) is 8.78 Å². The molecule has 5 heteroatoms. The zero-order valence-corrected chi connectivity index (χ0v) is 7.26. The second-order valence-electron chi connectivity index (χ2n) is 2.72. The number of carbonyl (C=O) groups is 1. The van der Waals surface area contributed by atoms with Gasteiger partial charge in [-0.3, -0.25) is 4.79 Å². The molecule has 0 radical (unpaired) electrons. The van der Waals surface area contributed by atoms with Crippen molar-refractivity contribution in [3.05, 3.63) is 29.3 Å². The SMILES string of the molecule is NCCC(=O)c1ccc(F)c(O)c1F. The fourth-order valence-corrected chi connectivity index (χ4v) is 1.02. The lowest BCUT2D eigenvalue weighted by Gasteiger charge is -2.03. The van der Waals surface area contributed by atoms with Crippen molar-refractivity contribution >= 4 is 5.78 Å². The second-order valence-corrected chi connectivity index (χ2v) is 2.72. The Morgan fingerprint density at radius 1 is 1.43 bits per heavy atom. The molecule has 1 rings (SSSR count). The number of phenols is 1. The minimum Gasteiger partial charge on any atom is -0.503 e. The van der Waals surface area contributed by atoms with E-state index in [2.05, 4.69) is 0 Å². The molecule has 0 saturated heterocycles. The maximum absolute atomic E-state index is 13.1. The number of aromatic hydroxyl groups is 1. The molecule has 76 valence electrons. The summed E-state index contributed by atoms with van der Waals surface area (Å²) >= 11 is 0. The number of phenolic OH excluding ortho intramolecular Hbond substituents is 1. The number of ketones is 1. The van der Waals surface area contributed by atoms with E-state index >= 15 is 0 Å². The highest BCUT2D eigenvalue weighted by atomic mass is 19.1. The summed E-state index contributed by atoms with van der Waals surface area (Å²) in [4.78, 5) is 11.2. The molecule has 3 N–H and O–H groups in total. The Kier molecular flexibility index (Phi) is 3.14. The Balaban J connectivity index is 3.11. The first-order chi connectivity index (χ1) is 6.57. The molecule has 0 amide bonds. The largest absolute Gasteiger partial charge is 0.503 e. The standard InChI is InChI=1S/C9H9F2NO2/c10-6-2-1-5(7(13)3-4-12)8(11)9(6)14/h1-2,14H,3-4,12H2. The van der Waals surface area contributed by atoms with Crippen molar-refractivity contribution in [1.29, 1.82) is 0 Å². The molecular formula is C9H9F2NO2. The summed E-state index contributed by atoms with van der Waals surface area (Å²) in [6, 6.07) is 1.82. The molecule has 0 spiro atoms. The summed E-state index contributed by atoms with van der Waals surface area (Å²) in [5, 5.41) is 8.87. The number of benzene rings is 1. The van der Waals surface area contributed by atoms with Crippen LogP contribution in [0.1, 0.15) is 16.8 Å². The van der Waals surface area contributed by atoms with Gasteiger partial charge in [0.1, 0.15) is 0 Å². The zero-order chi connectivity index (χ0) is 10.7. The lowest BCUT2D eigenvalue weighted by Crippen LogP contribution is -2.10. The first kappa shape index (κ1) is 10.6. The third-order valence-corrected chi connectivity index (χ3v) is 1.74. The third kappa shape index (κ3) is 1.88. The molecule has 0 atom stereocenters. The number of hydrogen-bond donors (Lipinski definition) is 2. The Hall–Kier alpha value is -1.49. The van der Waals surface area contributed by atoms with Gasteiger partial charge in [0, 0.05) is 6.42 Å². The topological polar surface area (TPSA) is 63.3 Å². The predicted molar refractivity (Wildman–Crippen MR) is 46.0 cm³/mol. The number of hydrogen-bond acceptors (Lipinski definition) is 3. The first-order valence-electron chi connectivity index (χ1n) is 3.98. The summed E-state index contributed by atoms with van der Waals surface area (Å²) in [5.74, 6) is -4.01. The Bertz CT molecular complexity index is 366. The highest BCUT2D eigenvalue weighted by molar-refractivity contribution is 5.96. The molecule has 1 aromatic carbocycles. The summed E-state index contributed by atoms with van der Waals surface area (Å²) < 4.78 is 25.7. The average Bonchev–Trinajstić information content (AvgIpc) is 2.15. The van der Waals surface area contributed by atoms with Crippen molar-refractivity contribution in [2.45, 2.75) is 6.42 Å². The lowest BCUT2D eigenvalue weighted by molar-refractivity contribution is 0.0980. The maximum atomic E-state index is 13.1. The van der Waals surface area contributed by atoms with Crippen LogP contribution in [0.25, 0.3) is 0 Å². The van der Waals surface area contributed by atoms with Gasteiger partial charge in [-0.25, -0.2) is 8.78 Å². The molecule has 14 heavy (non-hydrogen) atoms. The number of halogens is 2. The Labute approximate surface area is 79.2 Å². The van der Waals surface area contributed by atoms with E-state index in [-0.39, 0.29) is 18.5 Å². The molecule has 0 aliphatic rings. The maximum Gasteiger partial charge on any atom is 0.188 e. The van der Waals surface area contributed by atoms with Crippen LogP contribution in [-0.2, 0) is 0 Å². The molecular weight excluding hydrogens is 192 g/mol. The van der Waals surface area contributed by atoms with Crippen LogP contribution >= 0.6 is 0 Å². The van der Waals surface area contributed by atoms with E-state index in [1.54, 1.807) is 0 Å². The van der Waals surface area contributed by atoms with Crippen LogP contribution in [0.2, 0.25) is 0 Å². The van der Waals surface area contributed by atoms with Crippen molar-refractivity contribution in [2.24, 2.45) is 5.73 Å². The van der Waals surface area contributed by atoms with Gasteiger partial charge in [0.15, 0.2) is 23.2 Å². The van der Waals surface area contributed by atoms with Gasteiger partial charge in [-0.1, -0.05) is 0 Å². The molecule has 0 aliphatic carbocycles. The van der Waals surface area contributed by atoms with E-state index in [1.807, 2.05) is 0 Å². The molecule has 0 aromatic heterocycles. The Morgan fingerprint density at radius 3 is 2.64 bits per heavy atom. The van der Waals surface area contributed by atoms with Crippen LogP contribution in [0, 0.1) is 11.6 Å². The monoisotopic (exact) mass is 201 g/mol. The molecule has 1 aromatic rings. The van der Waals surface area contributed by atoms with Gasteiger partial charge in [0.05, 0.1) is 5.56 Å². The number of rotatable bonds is 3. The van der Waals surface area contributed by atoms with Crippen molar-refractivity contribution in [2.75, 3.05) is 6.54 Å². The molecule has 3 nitrogen and oxygen atoms in total. The van der Waals surface area contributed by atoms with E-state index in [9.17, 15) is 13.6 Å². The number of Topliss-reactive ketones (excluding diaryl/α,β-unsaturated/α-hetero) is 1. The Morgan fingerprint density at radius 2 is 2.07 bits per heavy atom. The minimum atomic E-state index is -1.23. The average molecular weight is 201 g/mol. The van der Waals surface area contributed by atoms with E-state index in [4.69, 9.17) is 10.8 Å². The van der Waals surface area contributed by atoms with Gasteiger partial charge in [-0.2, -0.15) is 0 Å². The van der Waals surface area contributed by atoms with Crippen LogP contribution in [-0.4, -0.2) is 17.4 Å². The van der Waals surface area contributed by atoms with E-state index < -0.39 is 23.2 Å². The quantitative estimate of drug-likeness (QED) is 0.722. The highest BCUT2D eigenvalue weighted by Gasteiger charge is 2.17. The molecule has 0 heterocycles. The van der Waals surface area contributed by atoms with Crippen LogP contribution in [0.3, 0.4) is 0 Å². The predicted octanol–water partition coefficient (Wildman–Crippen LogP) is 1.20. The smallest absolute Gasteiger partial charge is 0.188 e. The van der Waals surface area contributed by atoms with Crippen molar-refractivity contribution in [1.82, 2.24) is 0 Å². The summed E-state index contributed by atoms with van der Waals surface area (Å²) in [6.07, 6.45) is -0.0397. The van der Waals surface area contributed by atoms with Gasteiger partial charge in [-0.15, -0.1) is 0 Å².